The van der Waals surface area contributed by atoms with Gasteiger partial charge in [0.05, 0.1) is 17.7 Å². The van der Waals surface area contributed by atoms with Crippen LogP contribution < -0.4 is 21.1 Å². The molecule has 3 fully saturated rings. The van der Waals surface area contributed by atoms with Crippen molar-refractivity contribution >= 4 is 23.1 Å². The minimum Gasteiger partial charge on any atom is -0.473 e. The van der Waals surface area contributed by atoms with Gasteiger partial charge < -0.3 is 21.1 Å². The number of rotatable bonds is 6. The highest BCUT2D eigenvalue weighted by molar-refractivity contribution is 6.09. The summed E-state index contributed by atoms with van der Waals surface area (Å²) in [7, 11) is 3.85. The topological polar surface area (TPSA) is 140 Å². The van der Waals surface area contributed by atoms with E-state index in [2.05, 4.69) is 21.9 Å². The SMILES string of the molecule is CN=C1CN(c2cc(O[C@@H](C)[C@@H]3CCCN3C)nc(C(=O)C3=C(N)[C@]4(CCCCC4=O)CCC3)n2)C/C1=C/N. The Bertz CT molecular complexity index is 1220. The standard InChI is InChI=1S/C29H41N7O3/c1-18(22-9-7-13-35(22)3)39-25-14-24(36-16-19(15-30)21(17-36)32-2)33-28(34-25)26(38)20-8-6-12-29(27(20)31)11-5-4-10-23(29)37/h14-15,18,22H,4-13,16-17,30-31H2,1-3H3/b19-15-,32-21?/t18-,22-,29+/m0/s1. The summed E-state index contributed by atoms with van der Waals surface area (Å²) < 4.78 is 6.36. The third-order valence-electron chi connectivity index (χ3n) is 9.12. The molecular weight excluding hydrogens is 494 g/mol. The average Bonchev–Trinajstić information content (AvgIpc) is 3.57. The third-order valence-corrected chi connectivity index (χ3v) is 9.12. The number of likely N-dealkylation sites (N-methyl/N-ethyl adjacent to an activating group) is 1. The molecule has 4 N–H and O–H groups in total. The Morgan fingerprint density at radius 2 is 2.00 bits per heavy atom. The first-order valence-corrected chi connectivity index (χ1v) is 14.2. The molecule has 0 bridgehead atoms. The Morgan fingerprint density at radius 3 is 2.67 bits per heavy atom. The Hall–Kier alpha value is -3.27. The lowest BCUT2D eigenvalue weighted by molar-refractivity contribution is -0.129. The zero-order chi connectivity index (χ0) is 27.7. The Labute approximate surface area is 230 Å². The van der Waals surface area contributed by atoms with Crippen molar-refractivity contribution in [1.82, 2.24) is 14.9 Å². The van der Waals surface area contributed by atoms with Crippen molar-refractivity contribution in [2.75, 3.05) is 38.6 Å². The van der Waals surface area contributed by atoms with Crippen LogP contribution >= 0.6 is 0 Å². The zero-order valence-corrected chi connectivity index (χ0v) is 23.4. The summed E-state index contributed by atoms with van der Waals surface area (Å²) in [6.07, 6.45) is 8.65. The maximum atomic E-state index is 14.0. The fourth-order valence-electron chi connectivity index (χ4n) is 6.83. The summed E-state index contributed by atoms with van der Waals surface area (Å²) in [4.78, 5) is 45.0. The number of nitrogens with zero attached hydrogens (tertiary/aromatic N) is 5. The number of aromatic nitrogens is 2. The van der Waals surface area contributed by atoms with E-state index in [1.807, 2.05) is 11.8 Å². The lowest BCUT2D eigenvalue weighted by Crippen LogP contribution is -2.42. The van der Waals surface area contributed by atoms with Crippen LogP contribution in [0.5, 0.6) is 5.88 Å². The van der Waals surface area contributed by atoms with Crippen molar-refractivity contribution in [2.24, 2.45) is 21.9 Å². The van der Waals surface area contributed by atoms with Gasteiger partial charge in [-0.05, 0) is 65.5 Å². The highest BCUT2D eigenvalue weighted by Crippen LogP contribution is 2.47. The number of carbonyl (C=O) groups excluding carboxylic acids is 2. The highest BCUT2D eigenvalue weighted by Gasteiger charge is 2.46. The van der Waals surface area contributed by atoms with E-state index in [0.717, 1.165) is 49.9 Å². The maximum Gasteiger partial charge on any atom is 0.228 e. The molecule has 1 saturated carbocycles. The fraction of sp³-hybridized carbons (Fsp3) is 0.621. The number of aliphatic imine (C=N–C) groups is 1. The van der Waals surface area contributed by atoms with Gasteiger partial charge in [-0.3, -0.25) is 19.5 Å². The van der Waals surface area contributed by atoms with E-state index in [-0.39, 0.29) is 29.5 Å². The number of hydrogen-bond acceptors (Lipinski definition) is 10. The van der Waals surface area contributed by atoms with Crippen molar-refractivity contribution in [3.8, 4) is 5.88 Å². The van der Waals surface area contributed by atoms with Gasteiger partial charge in [0.15, 0.2) is 0 Å². The second-order valence-electron chi connectivity index (χ2n) is 11.4. The number of allylic oxidation sites excluding steroid dienone is 2. The monoisotopic (exact) mass is 535 g/mol. The maximum absolute atomic E-state index is 14.0. The van der Waals surface area contributed by atoms with Crippen molar-refractivity contribution in [3.63, 3.8) is 0 Å². The van der Waals surface area contributed by atoms with E-state index in [1.165, 1.54) is 0 Å². The molecule has 5 rings (SSSR count). The Balaban J connectivity index is 1.52. The van der Waals surface area contributed by atoms with Crippen molar-refractivity contribution in [2.45, 2.75) is 76.9 Å². The molecule has 1 aromatic rings. The molecule has 210 valence electrons. The highest BCUT2D eigenvalue weighted by atomic mass is 16.5. The van der Waals surface area contributed by atoms with E-state index >= 15 is 0 Å². The molecule has 0 unspecified atom stereocenters. The summed E-state index contributed by atoms with van der Waals surface area (Å²) in [5.41, 5.74) is 14.5. The lowest BCUT2D eigenvalue weighted by atomic mass is 9.64. The predicted octanol–water partition coefficient (Wildman–Crippen LogP) is 2.78. The molecule has 0 aromatic carbocycles. The van der Waals surface area contributed by atoms with Gasteiger partial charge in [0.2, 0.25) is 17.5 Å². The van der Waals surface area contributed by atoms with Gasteiger partial charge >= 0.3 is 0 Å². The normalized spacial score (nSPS) is 29.2. The zero-order valence-electron chi connectivity index (χ0n) is 23.4. The van der Waals surface area contributed by atoms with Gasteiger partial charge in [0.25, 0.3) is 0 Å². The number of Topliss-reactive ketones (excluding diaryl/α,β-unsaturated/α-hetero) is 2. The Morgan fingerprint density at radius 1 is 1.21 bits per heavy atom. The van der Waals surface area contributed by atoms with Crippen LogP contribution in [0.1, 0.15) is 75.3 Å². The first-order valence-electron chi connectivity index (χ1n) is 14.2. The number of anilines is 1. The lowest BCUT2D eigenvalue weighted by Gasteiger charge is -2.40. The number of hydrogen-bond donors (Lipinski definition) is 2. The second kappa shape index (κ2) is 11.1. The van der Waals surface area contributed by atoms with Crippen LogP contribution in [0, 0.1) is 5.41 Å². The smallest absolute Gasteiger partial charge is 0.228 e. The molecule has 0 radical (unpaired) electrons. The summed E-state index contributed by atoms with van der Waals surface area (Å²) >= 11 is 0. The van der Waals surface area contributed by atoms with Crippen LogP contribution in [0.2, 0.25) is 0 Å². The van der Waals surface area contributed by atoms with Gasteiger partial charge in [-0.1, -0.05) is 6.42 Å². The van der Waals surface area contributed by atoms with Crippen LogP contribution in [0.25, 0.3) is 0 Å². The van der Waals surface area contributed by atoms with Crippen LogP contribution in [0.15, 0.2) is 34.1 Å². The van der Waals surface area contributed by atoms with E-state index in [0.29, 0.717) is 61.7 Å². The summed E-state index contributed by atoms with van der Waals surface area (Å²) in [6.45, 7) is 4.12. The predicted molar refractivity (Wildman–Crippen MR) is 151 cm³/mol. The van der Waals surface area contributed by atoms with Gasteiger partial charge in [-0.15, -0.1) is 0 Å². The number of ketones is 2. The molecule has 10 nitrogen and oxygen atoms in total. The van der Waals surface area contributed by atoms with Gasteiger partial charge in [-0.25, -0.2) is 4.98 Å². The van der Waals surface area contributed by atoms with Crippen LogP contribution in [0.4, 0.5) is 5.82 Å². The quantitative estimate of drug-likeness (QED) is 0.526. The fourth-order valence-corrected chi connectivity index (χ4v) is 6.83. The van der Waals surface area contributed by atoms with Crippen molar-refractivity contribution < 1.29 is 14.3 Å². The molecule has 2 saturated heterocycles. The van der Waals surface area contributed by atoms with Gasteiger partial charge in [0.1, 0.15) is 17.7 Å². The first kappa shape index (κ1) is 27.3. The molecule has 2 aliphatic carbocycles. The third kappa shape index (κ3) is 5.06. The van der Waals surface area contributed by atoms with Gasteiger partial charge in [0, 0.05) is 55.2 Å². The van der Waals surface area contributed by atoms with Crippen molar-refractivity contribution in [3.05, 3.63) is 34.9 Å². The number of carbonyl (C=O) groups is 2. The second-order valence-corrected chi connectivity index (χ2v) is 11.4. The molecule has 2 aliphatic heterocycles. The van der Waals surface area contributed by atoms with Crippen LogP contribution in [0.3, 0.4) is 0 Å². The molecule has 10 heteroatoms. The molecule has 3 heterocycles. The molecule has 1 aromatic heterocycles. The average molecular weight is 536 g/mol. The molecule has 3 atom stereocenters. The van der Waals surface area contributed by atoms with Gasteiger partial charge in [-0.2, -0.15) is 4.98 Å². The van der Waals surface area contributed by atoms with E-state index in [4.69, 9.17) is 21.2 Å². The number of ether oxygens (including phenoxy) is 1. The Kier molecular flexibility index (Phi) is 7.75. The number of likely N-dealkylation sites (tertiary alicyclic amines) is 1. The minimum atomic E-state index is -0.720. The summed E-state index contributed by atoms with van der Waals surface area (Å²) in [6, 6.07) is 2.06. The van der Waals surface area contributed by atoms with E-state index in [1.54, 1.807) is 19.3 Å². The van der Waals surface area contributed by atoms with Crippen molar-refractivity contribution in [1.29, 1.82) is 0 Å². The van der Waals surface area contributed by atoms with Crippen LogP contribution in [-0.2, 0) is 4.79 Å². The molecule has 0 amide bonds. The molecule has 4 aliphatic rings. The summed E-state index contributed by atoms with van der Waals surface area (Å²) in [5.74, 6) is 0.823. The summed E-state index contributed by atoms with van der Waals surface area (Å²) in [5, 5.41) is 0. The minimum absolute atomic E-state index is 0.0490. The van der Waals surface area contributed by atoms with Crippen LogP contribution in [-0.4, -0.2) is 78.0 Å². The molecule has 1 spiro atoms. The van der Waals surface area contributed by atoms with E-state index in [9.17, 15) is 9.59 Å². The first-order chi connectivity index (χ1) is 18.8. The number of nitrogens with two attached hydrogens (primary N) is 2. The largest absolute Gasteiger partial charge is 0.473 e. The molecular formula is C29H41N7O3. The molecule has 39 heavy (non-hydrogen) atoms. The van der Waals surface area contributed by atoms with E-state index < -0.39 is 5.41 Å².